The number of nitrogens with zero attached hydrogens (tertiary/aromatic N) is 1. The van der Waals surface area contributed by atoms with Crippen molar-refractivity contribution in [1.82, 2.24) is 20.9 Å². The van der Waals surface area contributed by atoms with Gasteiger partial charge in [0, 0.05) is 19.6 Å². The van der Waals surface area contributed by atoms with Crippen LogP contribution in [-0.4, -0.2) is 56.1 Å². The van der Waals surface area contributed by atoms with Gasteiger partial charge in [0.1, 0.15) is 0 Å². The third-order valence-corrected chi connectivity index (χ3v) is 4.09. The molecule has 2 fully saturated rings. The Bertz CT molecular complexity index is 347. The molecule has 0 aromatic heterocycles. The Labute approximate surface area is 120 Å². The molecule has 0 aromatic carbocycles. The largest absolute Gasteiger partial charge is 0.338 e. The summed E-state index contributed by atoms with van der Waals surface area (Å²) in [6.07, 6.45) is 0.921. The van der Waals surface area contributed by atoms with Gasteiger partial charge in [-0.15, -0.1) is 0 Å². The number of imide groups is 1. The lowest BCUT2D eigenvalue weighted by Gasteiger charge is -2.16. The maximum atomic E-state index is 11.8. The van der Waals surface area contributed by atoms with Crippen molar-refractivity contribution < 1.29 is 9.59 Å². The molecule has 0 saturated carbocycles. The molecule has 20 heavy (non-hydrogen) atoms. The number of hydrogen-bond donors (Lipinski definition) is 3. The van der Waals surface area contributed by atoms with Crippen LogP contribution >= 0.6 is 0 Å². The fourth-order valence-corrected chi connectivity index (χ4v) is 2.97. The summed E-state index contributed by atoms with van der Waals surface area (Å²) in [4.78, 5) is 25.5. The zero-order valence-electron chi connectivity index (χ0n) is 12.4. The minimum Gasteiger partial charge on any atom is -0.338 e. The van der Waals surface area contributed by atoms with Crippen LogP contribution in [0.4, 0.5) is 4.79 Å². The number of carbonyl (C=O) groups is 2. The number of amides is 3. The quantitative estimate of drug-likeness (QED) is 0.664. The molecule has 114 valence electrons. The van der Waals surface area contributed by atoms with Crippen LogP contribution < -0.4 is 16.0 Å². The van der Waals surface area contributed by atoms with Crippen LogP contribution in [-0.2, 0) is 4.79 Å². The van der Waals surface area contributed by atoms with E-state index in [1.54, 1.807) is 0 Å². The number of nitrogens with one attached hydrogen (secondary N) is 3. The lowest BCUT2D eigenvalue weighted by molar-refractivity contribution is -0.121. The summed E-state index contributed by atoms with van der Waals surface area (Å²) in [5, 5.41) is 8.48. The molecule has 0 bridgehead atoms. The molecule has 3 N–H and O–H groups in total. The van der Waals surface area contributed by atoms with Crippen molar-refractivity contribution in [2.75, 3.05) is 39.3 Å². The van der Waals surface area contributed by atoms with Gasteiger partial charge in [-0.2, -0.15) is 0 Å². The van der Waals surface area contributed by atoms with Gasteiger partial charge in [0.25, 0.3) is 0 Å². The summed E-state index contributed by atoms with van der Waals surface area (Å²) >= 11 is 0. The van der Waals surface area contributed by atoms with E-state index in [2.05, 4.69) is 34.7 Å². The molecule has 3 amide bonds. The molecule has 2 unspecified atom stereocenters. The van der Waals surface area contributed by atoms with E-state index in [0.717, 1.165) is 32.6 Å². The summed E-state index contributed by atoms with van der Waals surface area (Å²) in [6, 6.07) is -0.378. The summed E-state index contributed by atoms with van der Waals surface area (Å²) in [6.45, 7) is 9.16. The molecule has 2 aliphatic heterocycles. The van der Waals surface area contributed by atoms with Gasteiger partial charge in [0.05, 0.1) is 6.54 Å². The van der Waals surface area contributed by atoms with Crippen LogP contribution in [0, 0.1) is 17.8 Å². The number of urea groups is 1. The van der Waals surface area contributed by atoms with E-state index >= 15 is 0 Å². The van der Waals surface area contributed by atoms with Crippen LogP contribution in [0.2, 0.25) is 0 Å². The summed E-state index contributed by atoms with van der Waals surface area (Å²) in [5.41, 5.74) is 0. The standard InChI is InChI=1S/C14H26N4O2/c1-10(2)3-4-16-14(20)17-13(19)9-18-7-11-5-15-6-12(11)8-18/h10-12,15H,3-9H2,1-2H3,(H2,16,17,19,20). The van der Waals surface area contributed by atoms with Crippen LogP contribution in [0.1, 0.15) is 20.3 Å². The molecule has 6 nitrogen and oxygen atoms in total. The second-order valence-electron chi connectivity index (χ2n) is 6.36. The second kappa shape index (κ2) is 7.04. The van der Waals surface area contributed by atoms with E-state index in [9.17, 15) is 9.59 Å². The molecule has 2 saturated heterocycles. The molecule has 0 aliphatic carbocycles. The van der Waals surface area contributed by atoms with E-state index < -0.39 is 0 Å². The van der Waals surface area contributed by atoms with Gasteiger partial charge in [0.15, 0.2) is 0 Å². The Morgan fingerprint density at radius 1 is 1.25 bits per heavy atom. The van der Waals surface area contributed by atoms with Crippen LogP contribution in [0.25, 0.3) is 0 Å². The molecule has 0 aromatic rings. The minimum atomic E-state index is -0.378. The topological polar surface area (TPSA) is 73.5 Å². The van der Waals surface area contributed by atoms with E-state index in [4.69, 9.17) is 0 Å². The van der Waals surface area contributed by atoms with E-state index in [1.807, 2.05) is 0 Å². The van der Waals surface area contributed by atoms with Crippen molar-refractivity contribution in [2.24, 2.45) is 17.8 Å². The molecule has 6 heteroatoms. The average Bonchev–Trinajstić information content (AvgIpc) is 2.88. The maximum Gasteiger partial charge on any atom is 0.321 e. The fourth-order valence-electron chi connectivity index (χ4n) is 2.97. The first kappa shape index (κ1) is 15.3. The number of hydrogen-bond acceptors (Lipinski definition) is 4. The van der Waals surface area contributed by atoms with Crippen molar-refractivity contribution >= 4 is 11.9 Å². The highest BCUT2D eigenvalue weighted by molar-refractivity contribution is 5.95. The Morgan fingerprint density at radius 3 is 2.50 bits per heavy atom. The molecule has 0 spiro atoms. The van der Waals surface area contributed by atoms with Gasteiger partial charge in [-0.3, -0.25) is 15.0 Å². The van der Waals surface area contributed by atoms with Crippen molar-refractivity contribution in [3.05, 3.63) is 0 Å². The SMILES string of the molecule is CC(C)CCNC(=O)NC(=O)CN1CC2CNCC2C1. The molecular weight excluding hydrogens is 256 g/mol. The summed E-state index contributed by atoms with van der Waals surface area (Å²) < 4.78 is 0. The maximum absolute atomic E-state index is 11.8. The number of likely N-dealkylation sites (tertiary alicyclic amines) is 1. The van der Waals surface area contributed by atoms with Gasteiger partial charge < -0.3 is 10.6 Å². The molecule has 2 heterocycles. The van der Waals surface area contributed by atoms with Crippen molar-refractivity contribution in [1.29, 1.82) is 0 Å². The van der Waals surface area contributed by atoms with Crippen molar-refractivity contribution in [3.63, 3.8) is 0 Å². The van der Waals surface area contributed by atoms with E-state index in [0.29, 0.717) is 30.8 Å². The van der Waals surface area contributed by atoms with Crippen molar-refractivity contribution in [2.45, 2.75) is 20.3 Å². The highest BCUT2D eigenvalue weighted by atomic mass is 16.2. The third-order valence-electron chi connectivity index (χ3n) is 4.09. The zero-order valence-corrected chi connectivity index (χ0v) is 12.4. The number of rotatable bonds is 5. The first-order valence-corrected chi connectivity index (χ1v) is 7.55. The highest BCUT2D eigenvalue weighted by Crippen LogP contribution is 2.25. The van der Waals surface area contributed by atoms with E-state index in [-0.39, 0.29) is 11.9 Å². The molecule has 2 rings (SSSR count). The Kier molecular flexibility index (Phi) is 5.37. The van der Waals surface area contributed by atoms with Crippen molar-refractivity contribution in [3.8, 4) is 0 Å². The smallest absolute Gasteiger partial charge is 0.321 e. The normalized spacial score (nSPS) is 25.8. The minimum absolute atomic E-state index is 0.208. The van der Waals surface area contributed by atoms with Crippen LogP contribution in [0.5, 0.6) is 0 Å². The lowest BCUT2D eigenvalue weighted by Crippen LogP contribution is -2.44. The second-order valence-corrected chi connectivity index (χ2v) is 6.36. The Hall–Kier alpha value is -1.14. The van der Waals surface area contributed by atoms with E-state index in [1.165, 1.54) is 0 Å². The Morgan fingerprint density at radius 2 is 1.90 bits per heavy atom. The van der Waals surface area contributed by atoms with Gasteiger partial charge in [-0.05, 0) is 37.3 Å². The molecular formula is C14H26N4O2. The predicted octanol–water partition coefficient (Wildman–Crippen LogP) is 0.00950. The van der Waals surface area contributed by atoms with Crippen LogP contribution in [0.15, 0.2) is 0 Å². The number of fused-ring (bicyclic) bond motifs is 1. The zero-order chi connectivity index (χ0) is 14.5. The summed E-state index contributed by atoms with van der Waals surface area (Å²) in [5.74, 6) is 1.67. The molecule has 0 radical (unpaired) electrons. The van der Waals surface area contributed by atoms with Gasteiger partial charge in [-0.25, -0.2) is 4.79 Å². The highest BCUT2D eigenvalue weighted by Gasteiger charge is 2.36. The van der Waals surface area contributed by atoms with Crippen LogP contribution in [0.3, 0.4) is 0 Å². The lowest BCUT2D eigenvalue weighted by atomic mass is 10.0. The Balaban J connectivity index is 1.62. The first-order chi connectivity index (χ1) is 9.54. The predicted molar refractivity (Wildman–Crippen MR) is 77.3 cm³/mol. The first-order valence-electron chi connectivity index (χ1n) is 7.55. The van der Waals surface area contributed by atoms with Gasteiger partial charge in [0.2, 0.25) is 5.91 Å². The summed E-state index contributed by atoms with van der Waals surface area (Å²) in [7, 11) is 0. The monoisotopic (exact) mass is 282 g/mol. The molecule has 2 aliphatic rings. The van der Waals surface area contributed by atoms with Gasteiger partial charge in [-0.1, -0.05) is 13.8 Å². The average molecular weight is 282 g/mol. The van der Waals surface area contributed by atoms with Gasteiger partial charge >= 0.3 is 6.03 Å². The fraction of sp³-hybridized carbons (Fsp3) is 0.857. The third kappa shape index (κ3) is 4.45. The number of carbonyl (C=O) groups excluding carboxylic acids is 2. The molecule has 2 atom stereocenters.